The van der Waals surface area contributed by atoms with Gasteiger partial charge in [0.15, 0.2) is 0 Å². The average molecular weight is 277 g/mol. The van der Waals surface area contributed by atoms with Gasteiger partial charge < -0.3 is 15.4 Å². The number of hydrogen-bond acceptors (Lipinski definition) is 6. The van der Waals surface area contributed by atoms with Crippen LogP contribution in [0.3, 0.4) is 0 Å². The second-order valence-corrected chi connectivity index (χ2v) is 5.76. The maximum Gasteiger partial charge on any atom is 0.323 e. The van der Waals surface area contributed by atoms with Gasteiger partial charge in [0.1, 0.15) is 0 Å². The van der Waals surface area contributed by atoms with Gasteiger partial charge in [0, 0.05) is 13.1 Å². The summed E-state index contributed by atoms with van der Waals surface area (Å²) >= 11 is 0. The topological polar surface area (TPSA) is 77.2 Å². The molecule has 3 rings (SSSR count). The lowest BCUT2D eigenvalue weighted by molar-refractivity contribution is 0.212. The first-order chi connectivity index (χ1) is 9.81. The second kappa shape index (κ2) is 6.24. The number of hydrogen-bond donors (Lipinski definition) is 1. The molecule has 0 spiro atoms. The summed E-state index contributed by atoms with van der Waals surface area (Å²) < 4.78 is 5.66. The molecule has 0 amide bonds. The van der Waals surface area contributed by atoms with Crippen LogP contribution in [0.1, 0.15) is 44.9 Å². The first-order valence-electron chi connectivity index (χ1n) is 7.70. The standard InChI is InChI=1S/C14H23N5O/c15-12-16-13(19-8-2-1-3-9-19)18-14(17-12)20-10-7-11-5-4-6-11/h11H,1-10H2,(H2,15,16,17,18). The molecule has 0 atom stereocenters. The smallest absolute Gasteiger partial charge is 0.323 e. The first-order valence-corrected chi connectivity index (χ1v) is 7.70. The van der Waals surface area contributed by atoms with Gasteiger partial charge in [0.25, 0.3) is 0 Å². The van der Waals surface area contributed by atoms with Crippen LogP contribution in [0, 0.1) is 5.92 Å². The van der Waals surface area contributed by atoms with Crippen LogP contribution in [0.25, 0.3) is 0 Å². The van der Waals surface area contributed by atoms with Crippen LogP contribution in [0.15, 0.2) is 0 Å². The zero-order valence-corrected chi connectivity index (χ0v) is 11.9. The molecule has 110 valence electrons. The van der Waals surface area contributed by atoms with Crippen LogP contribution in [-0.2, 0) is 0 Å². The highest BCUT2D eigenvalue weighted by Gasteiger charge is 2.18. The number of anilines is 2. The molecule has 20 heavy (non-hydrogen) atoms. The minimum Gasteiger partial charge on any atom is -0.463 e. The van der Waals surface area contributed by atoms with Crippen molar-refractivity contribution < 1.29 is 4.74 Å². The fourth-order valence-corrected chi connectivity index (χ4v) is 2.76. The SMILES string of the molecule is Nc1nc(OCCC2CCC2)nc(N2CCCCC2)n1. The van der Waals surface area contributed by atoms with Crippen LogP contribution in [0.5, 0.6) is 6.01 Å². The molecule has 1 aliphatic heterocycles. The molecule has 0 aromatic carbocycles. The van der Waals surface area contributed by atoms with Crippen LogP contribution in [0.4, 0.5) is 11.9 Å². The normalized spacial score (nSPS) is 19.7. The van der Waals surface area contributed by atoms with E-state index in [0.717, 1.165) is 25.4 Å². The van der Waals surface area contributed by atoms with Crippen LogP contribution in [0.2, 0.25) is 0 Å². The van der Waals surface area contributed by atoms with Crippen molar-refractivity contribution in [3.05, 3.63) is 0 Å². The zero-order valence-electron chi connectivity index (χ0n) is 11.9. The highest BCUT2D eigenvalue weighted by atomic mass is 16.5. The van der Waals surface area contributed by atoms with Gasteiger partial charge in [0.05, 0.1) is 6.61 Å². The molecule has 0 radical (unpaired) electrons. The third-order valence-electron chi connectivity index (χ3n) is 4.24. The summed E-state index contributed by atoms with van der Waals surface area (Å²) in [7, 11) is 0. The van der Waals surface area contributed by atoms with Crippen molar-refractivity contribution in [1.29, 1.82) is 0 Å². The quantitative estimate of drug-likeness (QED) is 0.887. The second-order valence-electron chi connectivity index (χ2n) is 5.76. The molecular formula is C14H23N5O. The largest absolute Gasteiger partial charge is 0.463 e. The van der Waals surface area contributed by atoms with Crippen LogP contribution >= 0.6 is 0 Å². The molecule has 1 aromatic rings. The van der Waals surface area contributed by atoms with E-state index >= 15 is 0 Å². The molecule has 0 bridgehead atoms. The summed E-state index contributed by atoms with van der Waals surface area (Å²) in [5, 5.41) is 0. The highest BCUT2D eigenvalue weighted by molar-refractivity contribution is 5.36. The van der Waals surface area contributed by atoms with Crippen molar-refractivity contribution in [3.8, 4) is 6.01 Å². The summed E-state index contributed by atoms with van der Waals surface area (Å²) in [4.78, 5) is 14.9. The Labute approximate surface area is 119 Å². The van der Waals surface area contributed by atoms with Crippen molar-refractivity contribution >= 4 is 11.9 Å². The molecular weight excluding hydrogens is 254 g/mol. The van der Waals surface area contributed by atoms with E-state index in [4.69, 9.17) is 10.5 Å². The van der Waals surface area contributed by atoms with Crippen LogP contribution < -0.4 is 15.4 Å². The fourth-order valence-electron chi connectivity index (χ4n) is 2.76. The molecule has 0 unspecified atom stereocenters. The number of nitrogens with zero attached hydrogens (tertiary/aromatic N) is 4. The molecule has 2 heterocycles. The van der Waals surface area contributed by atoms with Gasteiger partial charge in [-0.15, -0.1) is 0 Å². The Morgan fingerprint density at radius 2 is 1.85 bits per heavy atom. The molecule has 6 nitrogen and oxygen atoms in total. The zero-order chi connectivity index (χ0) is 13.8. The van der Waals surface area contributed by atoms with Gasteiger partial charge >= 0.3 is 6.01 Å². The van der Waals surface area contributed by atoms with Gasteiger partial charge in [-0.3, -0.25) is 0 Å². The first kappa shape index (κ1) is 13.4. The van der Waals surface area contributed by atoms with E-state index in [1.54, 1.807) is 0 Å². The number of ether oxygens (including phenoxy) is 1. The van der Waals surface area contributed by atoms with E-state index in [1.807, 2.05) is 0 Å². The van der Waals surface area contributed by atoms with Crippen molar-refractivity contribution in [2.75, 3.05) is 30.3 Å². The van der Waals surface area contributed by atoms with Gasteiger partial charge in [-0.25, -0.2) is 0 Å². The average Bonchev–Trinajstić information content (AvgIpc) is 2.42. The van der Waals surface area contributed by atoms with Crippen LogP contribution in [-0.4, -0.2) is 34.6 Å². The molecule has 1 saturated carbocycles. The minimum atomic E-state index is 0.249. The number of aromatic nitrogens is 3. The summed E-state index contributed by atoms with van der Waals surface area (Å²) in [5.41, 5.74) is 5.77. The number of rotatable bonds is 5. The Kier molecular flexibility index (Phi) is 4.18. The predicted octanol–water partition coefficient (Wildman–Crippen LogP) is 2.01. The number of nitrogen functional groups attached to an aromatic ring is 1. The van der Waals surface area contributed by atoms with E-state index in [-0.39, 0.29) is 5.95 Å². The monoisotopic (exact) mass is 277 g/mol. The Hall–Kier alpha value is -1.59. The Morgan fingerprint density at radius 1 is 1.05 bits per heavy atom. The summed E-state index contributed by atoms with van der Waals surface area (Å²) in [6.45, 7) is 2.66. The maximum atomic E-state index is 5.77. The lowest BCUT2D eigenvalue weighted by atomic mass is 9.83. The summed E-state index contributed by atoms with van der Waals surface area (Å²) in [6, 6.07) is 0.373. The van der Waals surface area contributed by atoms with Gasteiger partial charge in [-0.05, 0) is 31.6 Å². The van der Waals surface area contributed by atoms with E-state index < -0.39 is 0 Å². The number of piperidine rings is 1. The number of nitrogens with two attached hydrogens (primary N) is 1. The van der Waals surface area contributed by atoms with E-state index in [0.29, 0.717) is 18.6 Å². The lowest BCUT2D eigenvalue weighted by Crippen LogP contribution is -2.31. The van der Waals surface area contributed by atoms with Gasteiger partial charge in [-0.1, -0.05) is 19.3 Å². The van der Waals surface area contributed by atoms with E-state index in [2.05, 4.69) is 19.9 Å². The summed E-state index contributed by atoms with van der Waals surface area (Å²) in [5.74, 6) is 1.74. The molecule has 6 heteroatoms. The minimum absolute atomic E-state index is 0.249. The van der Waals surface area contributed by atoms with Gasteiger partial charge in [-0.2, -0.15) is 15.0 Å². The predicted molar refractivity (Wildman–Crippen MR) is 77.8 cm³/mol. The van der Waals surface area contributed by atoms with Crippen molar-refractivity contribution in [2.45, 2.75) is 44.9 Å². The highest BCUT2D eigenvalue weighted by Crippen LogP contribution is 2.29. The third-order valence-corrected chi connectivity index (χ3v) is 4.24. The van der Waals surface area contributed by atoms with E-state index in [1.165, 1.54) is 38.5 Å². The Morgan fingerprint density at radius 3 is 2.55 bits per heavy atom. The van der Waals surface area contributed by atoms with Gasteiger partial charge in [0.2, 0.25) is 11.9 Å². The molecule has 1 saturated heterocycles. The maximum absolute atomic E-state index is 5.77. The third kappa shape index (κ3) is 3.29. The van der Waals surface area contributed by atoms with Crippen molar-refractivity contribution in [3.63, 3.8) is 0 Å². The Bertz CT molecular complexity index is 443. The lowest BCUT2D eigenvalue weighted by Gasteiger charge is -2.27. The van der Waals surface area contributed by atoms with E-state index in [9.17, 15) is 0 Å². The Balaban J connectivity index is 1.59. The fraction of sp³-hybridized carbons (Fsp3) is 0.786. The molecule has 1 aromatic heterocycles. The van der Waals surface area contributed by atoms with Crippen molar-refractivity contribution in [2.24, 2.45) is 5.92 Å². The molecule has 2 N–H and O–H groups in total. The molecule has 2 fully saturated rings. The molecule has 2 aliphatic rings. The summed E-state index contributed by atoms with van der Waals surface area (Å²) in [6.07, 6.45) is 8.77. The van der Waals surface area contributed by atoms with Crippen molar-refractivity contribution in [1.82, 2.24) is 15.0 Å². The molecule has 1 aliphatic carbocycles.